The molecule has 2 N–H and O–H groups in total. The van der Waals surface area contributed by atoms with Crippen molar-refractivity contribution in [2.24, 2.45) is 0 Å². The molecule has 0 spiro atoms. The number of carbonyl (C=O) groups is 2. The van der Waals surface area contributed by atoms with Gasteiger partial charge in [0.1, 0.15) is 6.04 Å². The van der Waals surface area contributed by atoms with Gasteiger partial charge in [0.25, 0.3) is 10.0 Å². The maximum atomic E-state index is 13.1. The number of benzene rings is 2. The summed E-state index contributed by atoms with van der Waals surface area (Å²) in [4.78, 5) is 22.5. The van der Waals surface area contributed by atoms with Crippen LogP contribution in [0.4, 0.5) is 11.4 Å². The minimum atomic E-state index is -4.12. The number of aryl methyl sites for hydroxylation is 1. The summed E-state index contributed by atoms with van der Waals surface area (Å²) < 4.78 is 27.0. The number of rotatable bonds is 6. The maximum Gasteiger partial charge on any atom is 0.327 e. The van der Waals surface area contributed by atoms with Crippen molar-refractivity contribution in [3.8, 4) is 0 Å². The highest BCUT2D eigenvalue weighted by molar-refractivity contribution is 7.92. The van der Waals surface area contributed by atoms with Crippen LogP contribution in [0.1, 0.15) is 19.4 Å². The lowest BCUT2D eigenvalue weighted by Gasteiger charge is -2.28. The van der Waals surface area contributed by atoms with E-state index in [2.05, 4.69) is 5.32 Å². The van der Waals surface area contributed by atoms with E-state index in [9.17, 15) is 23.1 Å². The largest absolute Gasteiger partial charge is 0.480 e. The Bertz CT molecular complexity index is 906. The Morgan fingerprint density at radius 3 is 2.04 bits per heavy atom. The van der Waals surface area contributed by atoms with Crippen LogP contribution in [-0.2, 0) is 19.6 Å². The molecule has 7 nitrogen and oxygen atoms in total. The van der Waals surface area contributed by atoms with Crippen molar-refractivity contribution in [3.63, 3.8) is 0 Å². The highest BCUT2D eigenvalue weighted by atomic mass is 32.2. The van der Waals surface area contributed by atoms with Crippen LogP contribution in [0.15, 0.2) is 53.4 Å². The number of carbonyl (C=O) groups excluding carboxylic acids is 1. The van der Waals surface area contributed by atoms with Gasteiger partial charge in [0, 0.05) is 12.6 Å². The van der Waals surface area contributed by atoms with Gasteiger partial charge in [0.05, 0.1) is 10.6 Å². The molecule has 0 radical (unpaired) electrons. The molecule has 0 heterocycles. The number of nitrogens with zero attached hydrogens (tertiary/aromatic N) is 1. The lowest BCUT2D eigenvalue weighted by molar-refractivity contribution is -0.137. The topological polar surface area (TPSA) is 104 Å². The molecular weight excluding hydrogens is 356 g/mol. The number of nitrogens with one attached hydrogen (secondary N) is 1. The molecule has 0 bridgehead atoms. The van der Waals surface area contributed by atoms with Gasteiger partial charge in [-0.15, -0.1) is 0 Å². The third-order valence-electron chi connectivity index (χ3n) is 3.73. The van der Waals surface area contributed by atoms with Crippen LogP contribution >= 0.6 is 0 Å². The summed E-state index contributed by atoms with van der Waals surface area (Å²) in [6, 6.07) is 10.8. The van der Waals surface area contributed by atoms with Crippen LogP contribution in [0, 0.1) is 6.92 Å². The molecule has 1 amide bonds. The summed E-state index contributed by atoms with van der Waals surface area (Å²) in [5.74, 6) is -1.54. The van der Waals surface area contributed by atoms with Crippen molar-refractivity contribution in [2.45, 2.75) is 31.7 Å². The normalized spacial score (nSPS) is 12.3. The molecule has 0 aliphatic rings. The summed E-state index contributed by atoms with van der Waals surface area (Å²) in [7, 11) is -4.12. The molecule has 138 valence electrons. The first-order valence-electron chi connectivity index (χ1n) is 7.84. The minimum Gasteiger partial charge on any atom is -0.480 e. The Morgan fingerprint density at radius 2 is 1.58 bits per heavy atom. The highest BCUT2D eigenvalue weighted by Gasteiger charge is 2.33. The van der Waals surface area contributed by atoms with Crippen LogP contribution in [0.3, 0.4) is 0 Å². The Morgan fingerprint density at radius 1 is 1.04 bits per heavy atom. The number of amides is 1. The first-order valence-corrected chi connectivity index (χ1v) is 9.28. The minimum absolute atomic E-state index is 0.0692. The van der Waals surface area contributed by atoms with Crippen molar-refractivity contribution < 1.29 is 23.1 Å². The second kappa shape index (κ2) is 7.57. The zero-order chi connectivity index (χ0) is 19.5. The zero-order valence-corrected chi connectivity index (χ0v) is 15.4. The van der Waals surface area contributed by atoms with Crippen LogP contribution < -0.4 is 9.62 Å². The van der Waals surface area contributed by atoms with E-state index in [1.165, 1.54) is 38.1 Å². The standard InChI is InChI=1S/C18H20N2O5S/c1-12-4-8-16(9-5-12)20(13(2)18(22)23)26(24,25)17-10-6-15(7-11-17)19-14(3)21/h4-11,13H,1-3H3,(H,19,21)(H,22,23). The van der Waals surface area contributed by atoms with Crippen molar-refractivity contribution in [1.29, 1.82) is 0 Å². The third-order valence-corrected chi connectivity index (χ3v) is 5.64. The van der Waals surface area contributed by atoms with Crippen molar-refractivity contribution in [3.05, 3.63) is 54.1 Å². The quantitative estimate of drug-likeness (QED) is 0.806. The van der Waals surface area contributed by atoms with E-state index in [1.54, 1.807) is 24.3 Å². The molecule has 0 aliphatic heterocycles. The fraction of sp³-hybridized carbons (Fsp3) is 0.222. The molecule has 8 heteroatoms. The van der Waals surface area contributed by atoms with Crippen LogP contribution in [0.2, 0.25) is 0 Å². The van der Waals surface area contributed by atoms with Gasteiger partial charge in [-0.25, -0.2) is 13.2 Å². The first kappa shape index (κ1) is 19.5. The maximum absolute atomic E-state index is 13.1. The molecule has 1 unspecified atom stereocenters. The number of sulfonamides is 1. The number of hydrogen-bond acceptors (Lipinski definition) is 4. The SMILES string of the molecule is CC(=O)Nc1ccc(S(=O)(=O)N(c2ccc(C)cc2)C(C)C(=O)O)cc1. The van der Waals surface area contributed by atoms with E-state index in [0.717, 1.165) is 9.87 Å². The van der Waals surface area contributed by atoms with Crippen LogP contribution in [0.25, 0.3) is 0 Å². The fourth-order valence-corrected chi connectivity index (χ4v) is 4.00. The van der Waals surface area contributed by atoms with Crippen LogP contribution in [0.5, 0.6) is 0 Å². The van der Waals surface area contributed by atoms with Gasteiger partial charge < -0.3 is 10.4 Å². The molecule has 2 aromatic rings. The molecule has 0 saturated carbocycles. The molecule has 0 aliphatic carbocycles. The molecule has 0 saturated heterocycles. The highest BCUT2D eigenvalue weighted by Crippen LogP contribution is 2.27. The monoisotopic (exact) mass is 376 g/mol. The molecule has 2 aromatic carbocycles. The average Bonchev–Trinajstić information content (AvgIpc) is 2.56. The van der Waals surface area contributed by atoms with Gasteiger partial charge in [-0.3, -0.25) is 9.10 Å². The molecule has 2 rings (SSSR count). The predicted molar refractivity (Wildman–Crippen MR) is 98.7 cm³/mol. The summed E-state index contributed by atoms with van der Waals surface area (Å²) in [5.41, 5.74) is 1.63. The Labute approximate surface area is 152 Å². The number of aliphatic carboxylic acids is 1. The first-order chi connectivity index (χ1) is 12.1. The molecule has 0 aromatic heterocycles. The van der Waals surface area contributed by atoms with Crippen molar-refractivity contribution in [2.75, 3.05) is 9.62 Å². The number of hydrogen-bond donors (Lipinski definition) is 2. The second-order valence-electron chi connectivity index (χ2n) is 5.86. The summed E-state index contributed by atoms with van der Waals surface area (Å²) in [6.07, 6.45) is 0. The number of carboxylic acid groups (broad SMARTS) is 1. The van der Waals surface area contributed by atoms with E-state index in [4.69, 9.17) is 0 Å². The van der Waals surface area contributed by atoms with E-state index in [1.807, 2.05) is 6.92 Å². The van der Waals surface area contributed by atoms with Gasteiger partial charge in [-0.2, -0.15) is 0 Å². The Balaban J connectivity index is 2.50. The van der Waals surface area contributed by atoms with E-state index < -0.39 is 22.0 Å². The van der Waals surface area contributed by atoms with Crippen LogP contribution in [-0.4, -0.2) is 31.4 Å². The van der Waals surface area contributed by atoms with E-state index in [-0.39, 0.29) is 16.5 Å². The fourth-order valence-electron chi connectivity index (χ4n) is 2.39. The lowest BCUT2D eigenvalue weighted by atomic mass is 10.2. The predicted octanol–water partition coefficient (Wildman–Crippen LogP) is 2.62. The summed E-state index contributed by atoms with van der Waals surface area (Å²) in [5, 5.41) is 11.9. The Kier molecular flexibility index (Phi) is 5.66. The number of anilines is 2. The Hall–Kier alpha value is -2.87. The van der Waals surface area contributed by atoms with Gasteiger partial charge >= 0.3 is 5.97 Å². The summed E-state index contributed by atoms with van der Waals surface area (Å²) in [6.45, 7) is 4.51. The zero-order valence-electron chi connectivity index (χ0n) is 14.6. The smallest absolute Gasteiger partial charge is 0.327 e. The molecular formula is C18H20N2O5S. The van der Waals surface area contributed by atoms with Crippen molar-refractivity contribution in [1.82, 2.24) is 0 Å². The van der Waals surface area contributed by atoms with E-state index in [0.29, 0.717) is 5.69 Å². The molecule has 1 atom stereocenters. The van der Waals surface area contributed by atoms with Gasteiger partial charge in [0.2, 0.25) is 5.91 Å². The van der Waals surface area contributed by atoms with Crippen molar-refractivity contribution >= 4 is 33.3 Å². The number of carboxylic acids is 1. The lowest BCUT2D eigenvalue weighted by Crippen LogP contribution is -2.43. The average molecular weight is 376 g/mol. The van der Waals surface area contributed by atoms with E-state index >= 15 is 0 Å². The van der Waals surface area contributed by atoms with Gasteiger partial charge in [-0.05, 0) is 50.2 Å². The van der Waals surface area contributed by atoms with Gasteiger partial charge in [-0.1, -0.05) is 17.7 Å². The molecule has 0 fully saturated rings. The third kappa shape index (κ3) is 4.20. The summed E-state index contributed by atoms with van der Waals surface area (Å²) >= 11 is 0. The molecule has 26 heavy (non-hydrogen) atoms. The van der Waals surface area contributed by atoms with Gasteiger partial charge in [0.15, 0.2) is 0 Å². The second-order valence-corrected chi connectivity index (χ2v) is 7.67.